The molecule has 0 aliphatic rings. The number of carboxylic acids is 1. The third kappa shape index (κ3) is 4.12. The summed E-state index contributed by atoms with van der Waals surface area (Å²) in [4.78, 5) is 10.8. The standard InChI is InChI=1S/C16H22O3/c1-10(2)15(11(3)4)12(5)19-14-8-6-13(7-9-14)16(17)18/h6-11H,1-5H3,(H,17,18). The molecule has 1 rings (SSSR count). The third-order valence-electron chi connectivity index (χ3n) is 3.02. The van der Waals surface area contributed by atoms with Crippen LogP contribution in [0.25, 0.3) is 0 Å². The van der Waals surface area contributed by atoms with Crippen molar-refractivity contribution in [2.75, 3.05) is 0 Å². The molecule has 0 amide bonds. The normalized spacial score (nSPS) is 10.7. The van der Waals surface area contributed by atoms with Crippen LogP contribution in [0, 0.1) is 11.8 Å². The monoisotopic (exact) mass is 262 g/mol. The van der Waals surface area contributed by atoms with E-state index in [-0.39, 0.29) is 5.56 Å². The van der Waals surface area contributed by atoms with Crippen LogP contribution in [0.5, 0.6) is 5.75 Å². The highest BCUT2D eigenvalue weighted by Crippen LogP contribution is 2.25. The highest BCUT2D eigenvalue weighted by molar-refractivity contribution is 5.87. The lowest BCUT2D eigenvalue weighted by molar-refractivity contribution is 0.0697. The van der Waals surface area contributed by atoms with E-state index in [0.29, 0.717) is 17.6 Å². The molecule has 0 aliphatic heterocycles. The molecule has 3 heteroatoms. The predicted molar refractivity (Wildman–Crippen MR) is 76.4 cm³/mol. The van der Waals surface area contributed by atoms with E-state index in [9.17, 15) is 4.79 Å². The molecular weight excluding hydrogens is 240 g/mol. The van der Waals surface area contributed by atoms with E-state index in [4.69, 9.17) is 9.84 Å². The minimum atomic E-state index is -0.927. The molecule has 0 bridgehead atoms. The molecule has 1 N–H and O–H groups in total. The number of hydrogen-bond donors (Lipinski definition) is 1. The van der Waals surface area contributed by atoms with E-state index in [0.717, 1.165) is 5.76 Å². The molecule has 0 saturated heterocycles. The maximum Gasteiger partial charge on any atom is 0.335 e. The topological polar surface area (TPSA) is 46.5 Å². The van der Waals surface area contributed by atoms with Gasteiger partial charge in [-0.3, -0.25) is 0 Å². The number of aromatic carboxylic acids is 1. The number of rotatable bonds is 5. The second-order valence-electron chi connectivity index (χ2n) is 5.25. The number of carbonyl (C=O) groups is 1. The molecule has 0 saturated carbocycles. The zero-order valence-electron chi connectivity index (χ0n) is 12.2. The van der Waals surface area contributed by atoms with E-state index < -0.39 is 5.97 Å². The van der Waals surface area contributed by atoms with E-state index in [2.05, 4.69) is 27.7 Å². The van der Waals surface area contributed by atoms with Crippen molar-refractivity contribution >= 4 is 5.97 Å². The molecular formula is C16H22O3. The van der Waals surface area contributed by atoms with Gasteiger partial charge in [-0.1, -0.05) is 27.7 Å². The first-order chi connectivity index (χ1) is 8.82. The van der Waals surface area contributed by atoms with Gasteiger partial charge in [0.15, 0.2) is 0 Å². The summed E-state index contributed by atoms with van der Waals surface area (Å²) in [7, 11) is 0. The summed E-state index contributed by atoms with van der Waals surface area (Å²) in [6.45, 7) is 10.6. The minimum Gasteiger partial charge on any atom is -0.478 e. The Labute approximate surface area is 114 Å². The Balaban J connectivity index is 2.94. The van der Waals surface area contributed by atoms with Crippen LogP contribution >= 0.6 is 0 Å². The molecule has 1 aromatic rings. The van der Waals surface area contributed by atoms with Crippen molar-refractivity contribution in [2.45, 2.75) is 34.6 Å². The van der Waals surface area contributed by atoms with Crippen molar-refractivity contribution in [3.8, 4) is 5.75 Å². The van der Waals surface area contributed by atoms with Crippen LogP contribution in [0.1, 0.15) is 45.0 Å². The summed E-state index contributed by atoms with van der Waals surface area (Å²) in [5.74, 6) is 1.50. The fourth-order valence-electron chi connectivity index (χ4n) is 2.38. The molecule has 0 fully saturated rings. The molecule has 0 spiro atoms. The number of benzene rings is 1. The average molecular weight is 262 g/mol. The van der Waals surface area contributed by atoms with Gasteiger partial charge >= 0.3 is 5.97 Å². The molecule has 104 valence electrons. The van der Waals surface area contributed by atoms with Gasteiger partial charge in [0, 0.05) is 0 Å². The summed E-state index contributed by atoms with van der Waals surface area (Å²) in [6, 6.07) is 6.47. The lowest BCUT2D eigenvalue weighted by atomic mass is 9.91. The van der Waals surface area contributed by atoms with Gasteiger partial charge in [-0.25, -0.2) is 4.79 Å². The first-order valence-corrected chi connectivity index (χ1v) is 6.54. The summed E-state index contributed by atoms with van der Waals surface area (Å²) in [5.41, 5.74) is 1.55. The third-order valence-corrected chi connectivity index (χ3v) is 3.02. The van der Waals surface area contributed by atoms with Crippen LogP contribution in [0.15, 0.2) is 35.6 Å². The lowest BCUT2D eigenvalue weighted by Gasteiger charge is -2.19. The lowest BCUT2D eigenvalue weighted by Crippen LogP contribution is -2.08. The van der Waals surface area contributed by atoms with Crippen LogP contribution in [0.2, 0.25) is 0 Å². The SMILES string of the molecule is CC(Oc1ccc(C(=O)O)cc1)=C(C(C)C)C(C)C. The van der Waals surface area contributed by atoms with Crippen molar-refractivity contribution in [2.24, 2.45) is 11.8 Å². The smallest absolute Gasteiger partial charge is 0.335 e. The zero-order chi connectivity index (χ0) is 14.6. The number of ether oxygens (including phenoxy) is 1. The van der Waals surface area contributed by atoms with Gasteiger partial charge in [0.1, 0.15) is 11.5 Å². The Morgan fingerprint density at radius 1 is 1.05 bits per heavy atom. The number of hydrogen-bond acceptors (Lipinski definition) is 2. The summed E-state index contributed by atoms with van der Waals surface area (Å²) in [5, 5.41) is 8.84. The highest BCUT2D eigenvalue weighted by Gasteiger charge is 2.13. The first kappa shape index (κ1) is 15.3. The van der Waals surface area contributed by atoms with Crippen LogP contribution < -0.4 is 4.74 Å². The fraction of sp³-hybridized carbons (Fsp3) is 0.438. The Kier molecular flexibility index (Phi) is 5.16. The summed E-state index contributed by atoms with van der Waals surface area (Å²) >= 11 is 0. The van der Waals surface area contributed by atoms with Crippen molar-refractivity contribution in [3.63, 3.8) is 0 Å². The van der Waals surface area contributed by atoms with Crippen LogP contribution in [-0.2, 0) is 0 Å². The average Bonchev–Trinajstić information content (AvgIpc) is 2.28. The summed E-state index contributed by atoms with van der Waals surface area (Å²) < 4.78 is 5.82. The number of allylic oxidation sites excluding steroid dienone is 2. The van der Waals surface area contributed by atoms with Gasteiger partial charge in [-0.2, -0.15) is 0 Å². The van der Waals surface area contributed by atoms with Crippen LogP contribution in [0.4, 0.5) is 0 Å². The van der Waals surface area contributed by atoms with Gasteiger partial charge in [0.2, 0.25) is 0 Å². The van der Waals surface area contributed by atoms with Crippen LogP contribution in [0.3, 0.4) is 0 Å². The minimum absolute atomic E-state index is 0.266. The number of carboxylic acid groups (broad SMARTS) is 1. The van der Waals surface area contributed by atoms with Crippen molar-refractivity contribution in [1.82, 2.24) is 0 Å². The maximum atomic E-state index is 10.8. The Morgan fingerprint density at radius 2 is 1.53 bits per heavy atom. The highest BCUT2D eigenvalue weighted by atomic mass is 16.5. The molecule has 0 aliphatic carbocycles. The van der Waals surface area contributed by atoms with Gasteiger partial charge in [-0.05, 0) is 48.6 Å². The van der Waals surface area contributed by atoms with Crippen molar-refractivity contribution < 1.29 is 14.6 Å². The maximum absolute atomic E-state index is 10.8. The van der Waals surface area contributed by atoms with Gasteiger partial charge < -0.3 is 9.84 Å². The quantitative estimate of drug-likeness (QED) is 0.802. The largest absolute Gasteiger partial charge is 0.478 e. The van der Waals surface area contributed by atoms with Gasteiger partial charge in [0.05, 0.1) is 5.56 Å². The van der Waals surface area contributed by atoms with Crippen molar-refractivity contribution in [3.05, 3.63) is 41.2 Å². The molecule has 0 radical (unpaired) electrons. The molecule has 1 aromatic carbocycles. The van der Waals surface area contributed by atoms with E-state index in [1.54, 1.807) is 24.3 Å². The van der Waals surface area contributed by atoms with E-state index in [1.807, 2.05) is 6.92 Å². The molecule has 0 heterocycles. The Hall–Kier alpha value is -1.77. The van der Waals surface area contributed by atoms with E-state index >= 15 is 0 Å². The predicted octanol–water partition coefficient (Wildman–Crippen LogP) is 4.35. The second-order valence-corrected chi connectivity index (χ2v) is 5.25. The zero-order valence-corrected chi connectivity index (χ0v) is 12.2. The molecule has 0 unspecified atom stereocenters. The van der Waals surface area contributed by atoms with Crippen molar-refractivity contribution in [1.29, 1.82) is 0 Å². The molecule has 3 nitrogen and oxygen atoms in total. The fourth-order valence-corrected chi connectivity index (χ4v) is 2.38. The molecule has 19 heavy (non-hydrogen) atoms. The molecule has 0 aromatic heterocycles. The second kappa shape index (κ2) is 6.41. The molecule has 0 atom stereocenters. The summed E-state index contributed by atoms with van der Waals surface area (Å²) in [6.07, 6.45) is 0. The van der Waals surface area contributed by atoms with Gasteiger partial charge in [-0.15, -0.1) is 0 Å². The van der Waals surface area contributed by atoms with Crippen LogP contribution in [-0.4, -0.2) is 11.1 Å². The van der Waals surface area contributed by atoms with E-state index in [1.165, 1.54) is 5.57 Å². The van der Waals surface area contributed by atoms with Gasteiger partial charge in [0.25, 0.3) is 0 Å². The first-order valence-electron chi connectivity index (χ1n) is 6.54. The Morgan fingerprint density at radius 3 is 1.89 bits per heavy atom. The Bertz CT molecular complexity index is 457.